The van der Waals surface area contributed by atoms with Crippen LogP contribution in [0.3, 0.4) is 0 Å². The van der Waals surface area contributed by atoms with Crippen LogP contribution in [0.2, 0.25) is 5.02 Å². The van der Waals surface area contributed by atoms with Crippen LogP contribution in [-0.2, 0) is 0 Å². The Balaban J connectivity index is 2.30. The number of carboxylic acids is 1. The molecule has 0 radical (unpaired) electrons. The summed E-state index contributed by atoms with van der Waals surface area (Å²) in [6, 6.07) is 12.4. The number of fused-ring (bicyclic) bond motifs is 1. The van der Waals surface area contributed by atoms with Gasteiger partial charge in [-0.05, 0) is 55.0 Å². The van der Waals surface area contributed by atoms with Crippen molar-refractivity contribution >= 4 is 28.5 Å². The summed E-state index contributed by atoms with van der Waals surface area (Å²) < 4.78 is 5.15. The maximum atomic E-state index is 11.7. The molecule has 0 fully saturated rings. The largest absolute Gasteiger partial charge is 0.497 e. The molecule has 0 saturated carbocycles. The van der Waals surface area contributed by atoms with Gasteiger partial charge in [0.05, 0.1) is 23.9 Å². The van der Waals surface area contributed by atoms with Gasteiger partial charge in [-0.1, -0.05) is 11.6 Å². The molecular formula is C18H14ClNO3. The van der Waals surface area contributed by atoms with E-state index < -0.39 is 5.97 Å². The lowest BCUT2D eigenvalue weighted by Gasteiger charge is -2.12. The average Bonchev–Trinajstić information content (AvgIpc) is 2.54. The zero-order valence-electron chi connectivity index (χ0n) is 12.6. The minimum atomic E-state index is -0.994. The molecule has 0 atom stereocenters. The summed E-state index contributed by atoms with van der Waals surface area (Å²) in [4.78, 5) is 16.4. The Bertz CT molecular complexity index is 904. The van der Waals surface area contributed by atoms with Crippen molar-refractivity contribution in [3.63, 3.8) is 0 Å². The Morgan fingerprint density at radius 1 is 1.17 bits per heavy atom. The monoisotopic (exact) mass is 327 g/mol. The third kappa shape index (κ3) is 2.73. The van der Waals surface area contributed by atoms with E-state index in [1.54, 1.807) is 32.2 Å². The van der Waals surface area contributed by atoms with E-state index in [1.165, 1.54) is 0 Å². The maximum Gasteiger partial charge on any atom is 0.336 e. The molecule has 1 N–H and O–H groups in total. The molecule has 4 nitrogen and oxygen atoms in total. The van der Waals surface area contributed by atoms with Crippen molar-refractivity contribution in [1.29, 1.82) is 0 Å². The van der Waals surface area contributed by atoms with Gasteiger partial charge in [0.25, 0.3) is 0 Å². The number of halogens is 1. The predicted molar refractivity (Wildman–Crippen MR) is 90.4 cm³/mol. The highest BCUT2D eigenvalue weighted by Gasteiger charge is 2.18. The van der Waals surface area contributed by atoms with Gasteiger partial charge in [0.1, 0.15) is 5.75 Å². The Morgan fingerprint density at radius 3 is 2.48 bits per heavy atom. The molecule has 2 aromatic carbocycles. The SMILES string of the molecule is COc1ccc(-c2nc3ccc(Cl)cc3c(C(=O)O)c2C)cc1. The van der Waals surface area contributed by atoms with E-state index in [0.717, 1.165) is 11.3 Å². The van der Waals surface area contributed by atoms with Gasteiger partial charge in [-0.2, -0.15) is 0 Å². The third-order valence-electron chi connectivity index (χ3n) is 3.77. The summed E-state index contributed by atoms with van der Waals surface area (Å²) >= 11 is 6.00. The fraction of sp³-hybridized carbons (Fsp3) is 0.111. The lowest BCUT2D eigenvalue weighted by atomic mass is 9.98. The van der Waals surface area contributed by atoms with E-state index in [-0.39, 0.29) is 5.56 Å². The fourth-order valence-electron chi connectivity index (χ4n) is 2.64. The van der Waals surface area contributed by atoms with Crippen molar-refractivity contribution in [2.75, 3.05) is 7.11 Å². The second-order valence-electron chi connectivity index (χ2n) is 5.16. The second-order valence-corrected chi connectivity index (χ2v) is 5.59. The van der Waals surface area contributed by atoms with Crippen molar-refractivity contribution in [3.05, 3.63) is 58.6 Å². The summed E-state index contributed by atoms with van der Waals surface area (Å²) in [5.41, 5.74) is 2.91. The predicted octanol–water partition coefficient (Wildman–Crippen LogP) is 4.57. The molecule has 0 bridgehead atoms. The molecule has 0 aliphatic carbocycles. The van der Waals surface area contributed by atoms with Gasteiger partial charge in [0.15, 0.2) is 0 Å². The van der Waals surface area contributed by atoms with E-state index >= 15 is 0 Å². The number of benzene rings is 2. The smallest absolute Gasteiger partial charge is 0.336 e. The van der Waals surface area contributed by atoms with Gasteiger partial charge >= 0.3 is 5.97 Å². The molecular weight excluding hydrogens is 314 g/mol. The molecule has 3 rings (SSSR count). The molecule has 1 heterocycles. The zero-order valence-corrected chi connectivity index (χ0v) is 13.4. The highest BCUT2D eigenvalue weighted by atomic mass is 35.5. The van der Waals surface area contributed by atoms with Crippen LogP contribution < -0.4 is 4.74 Å². The number of carbonyl (C=O) groups is 1. The Kier molecular flexibility index (Phi) is 3.92. The summed E-state index contributed by atoms with van der Waals surface area (Å²) in [6.07, 6.45) is 0. The van der Waals surface area contributed by atoms with Gasteiger partial charge in [0.2, 0.25) is 0 Å². The zero-order chi connectivity index (χ0) is 16.6. The number of nitrogens with zero attached hydrogens (tertiary/aromatic N) is 1. The first kappa shape index (κ1) is 15.3. The van der Waals surface area contributed by atoms with Crippen molar-refractivity contribution in [2.24, 2.45) is 0 Å². The van der Waals surface area contributed by atoms with Crippen molar-refractivity contribution in [3.8, 4) is 17.0 Å². The minimum absolute atomic E-state index is 0.225. The standard InChI is InChI=1S/C18H14ClNO3/c1-10-16(18(21)22)14-9-12(19)5-8-15(14)20-17(10)11-3-6-13(23-2)7-4-11/h3-9H,1-2H3,(H,21,22). The van der Waals surface area contributed by atoms with Gasteiger partial charge in [-0.3, -0.25) is 0 Å². The quantitative estimate of drug-likeness (QED) is 0.765. The molecule has 0 spiro atoms. The Morgan fingerprint density at radius 2 is 1.87 bits per heavy atom. The summed E-state index contributed by atoms with van der Waals surface area (Å²) in [7, 11) is 1.60. The van der Waals surface area contributed by atoms with Crippen LogP contribution in [0.25, 0.3) is 22.2 Å². The number of pyridine rings is 1. The highest BCUT2D eigenvalue weighted by Crippen LogP contribution is 2.31. The molecule has 3 aromatic rings. The highest BCUT2D eigenvalue weighted by molar-refractivity contribution is 6.31. The molecule has 0 aliphatic heterocycles. The van der Waals surface area contributed by atoms with Crippen LogP contribution >= 0.6 is 11.6 Å². The number of ether oxygens (including phenoxy) is 1. The Hall–Kier alpha value is -2.59. The summed E-state index contributed by atoms with van der Waals surface area (Å²) in [5.74, 6) is -0.260. The molecule has 116 valence electrons. The number of hydrogen-bond acceptors (Lipinski definition) is 3. The van der Waals surface area contributed by atoms with Gasteiger partial charge in [0, 0.05) is 16.0 Å². The minimum Gasteiger partial charge on any atom is -0.497 e. The van der Waals surface area contributed by atoms with Crippen LogP contribution in [0, 0.1) is 6.92 Å². The summed E-state index contributed by atoms with van der Waals surface area (Å²) in [5, 5.41) is 10.6. The van der Waals surface area contributed by atoms with E-state index in [9.17, 15) is 9.90 Å². The first-order valence-corrected chi connectivity index (χ1v) is 7.36. The van der Waals surface area contributed by atoms with Gasteiger partial charge in [-0.15, -0.1) is 0 Å². The summed E-state index contributed by atoms with van der Waals surface area (Å²) in [6.45, 7) is 1.76. The maximum absolute atomic E-state index is 11.7. The van der Waals surface area contributed by atoms with Crippen molar-refractivity contribution < 1.29 is 14.6 Å². The topological polar surface area (TPSA) is 59.4 Å². The first-order valence-electron chi connectivity index (χ1n) is 6.99. The normalized spacial score (nSPS) is 10.7. The van der Waals surface area contributed by atoms with E-state index in [1.807, 2.05) is 24.3 Å². The molecule has 1 aromatic heterocycles. The third-order valence-corrected chi connectivity index (χ3v) is 4.00. The molecule has 0 saturated heterocycles. The van der Waals surface area contributed by atoms with Crippen molar-refractivity contribution in [2.45, 2.75) is 6.92 Å². The van der Waals surface area contributed by atoms with E-state index in [0.29, 0.717) is 27.2 Å². The molecule has 0 unspecified atom stereocenters. The second kappa shape index (κ2) is 5.89. The number of hydrogen-bond donors (Lipinski definition) is 1. The molecule has 0 aliphatic rings. The molecule has 23 heavy (non-hydrogen) atoms. The number of aromatic nitrogens is 1. The van der Waals surface area contributed by atoms with E-state index in [4.69, 9.17) is 16.3 Å². The van der Waals surface area contributed by atoms with Crippen LogP contribution in [0.15, 0.2) is 42.5 Å². The number of rotatable bonds is 3. The Labute approximate surface area is 138 Å². The average molecular weight is 328 g/mol. The van der Waals surface area contributed by atoms with Crippen LogP contribution in [-0.4, -0.2) is 23.2 Å². The van der Waals surface area contributed by atoms with Crippen molar-refractivity contribution in [1.82, 2.24) is 4.98 Å². The van der Waals surface area contributed by atoms with E-state index in [2.05, 4.69) is 4.98 Å². The van der Waals surface area contributed by atoms with Crippen LogP contribution in [0.5, 0.6) is 5.75 Å². The lowest BCUT2D eigenvalue weighted by molar-refractivity contribution is 0.0698. The lowest BCUT2D eigenvalue weighted by Crippen LogP contribution is -2.05. The van der Waals surface area contributed by atoms with Gasteiger partial charge in [-0.25, -0.2) is 9.78 Å². The fourth-order valence-corrected chi connectivity index (χ4v) is 2.81. The number of aromatic carboxylic acids is 1. The number of methoxy groups -OCH3 is 1. The number of carboxylic acid groups (broad SMARTS) is 1. The molecule has 0 amide bonds. The molecule has 5 heteroatoms. The van der Waals surface area contributed by atoms with Gasteiger partial charge < -0.3 is 9.84 Å². The van der Waals surface area contributed by atoms with Crippen LogP contribution in [0.1, 0.15) is 15.9 Å². The first-order chi connectivity index (χ1) is 11.0. The van der Waals surface area contributed by atoms with Crippen LogP contribution in [0.4, 0.5) is 0 Å².